The second-order valence-electron chi connectivity index (χ2n) is 11.3. The summed E-state index contributed by atoms with van der Waals surface area (Å²) in [6.07, 6.45) is 18.3. The molecule has 3 aromatic carbocycles. The minimum atomic E-state index is 1.01. The Morgan fingerprint density at radius 1 is 0.348 bits per heavy atom. The zero-order valence-corrected chi connectivity index (χ0v) is 26.4. The maximum Gasteiger partial charge on any atom is 0.0462 e. The van der Waals surface area contributed by atoms with Crippen molar-refractivity contribution >= 4 is 53.5 Å². The predicted octanol–water partition coefficient (Wildman–Crippen LogP) is 10.8. The molecule has 4 nitrogen and oxygen atoms in total. The molecule has 0 amide bonds. The van der Waals surface area contributed by atoms with Crippen LogP contribution in [0.15, 0.2) is 128 Å². The zero-order valence-electron chi connectivity index (χ0n) is 26.4. The third kappa shape index (κ3) is 7.99. The molecule has 0 radical (unpaired) electrons. The molecule has 0 saturated heterocycles. The van der Waals surface area contributed by atoms with E-state index in [9.17, 15) is 0 Å². The molecule has 0 aliphatic heterocycles. The molecule has 0 N–H and O–H groups in total. The number of hydrogen-bond donors (Lipinski definition) is 0. The van der Waals surface area contributed by atoms with E-state index in [1.54, 1.807) is 0 Å². The van der Waals surface area contributed by atoms with Crippen LogP contribution >= 0.6 is 0 Å². The Hall–Kier alpha value is -5.87. The summed E-state index contributed by atoms with van der Waals surface area (Å²) in [6.45, 7) is 6.03. The molecule has 0 atom stereocenters. The van der Waals surface area contributed by atoms with E-state index in [-0.39, 0.29) is 0 Å². The Balaban J connectivity index is 1.28. The van der Waals surface area contributed by atoms with Crippen LogP contribution in [0.25, 0.3) is 36.5 Å². The van der Waals surface area contributed by atoms with E-state index in [1.165, 1.54) is 0 Å². The van der Waals surface area contributed by atoms with Gasteiger partial charge in [0.2, 0.25) is 0 Å². The van der Waals surface area contributed by atoms with Crippen molar-refractivity contribution in [3.63, 3.8) is 0 Å². The van der Waals surface area contributed by atoms with Gasteiger partial charge in [-0.1, -0.05) is 72.9 Å². The average Bonchev–Trinajstić information content (AvgIpc) is 3.07. The van der Waals surface area contributed by atoms with E-state index >= 15 is 0 Å². The van der Waals surface area contributed by atoms with Gasteiger partial charge in [0.05, 0.1) is 0 Å². The highest BCUT2D eigenvalue weighted by Gasteiger charge is 2.12. The number of aromatic nitrogens is 3. The van der Waals surface area contributed by atoms with Gasteiger partial charge in [0.25, 0.3) is 0 Å². The van der Waals surface area contributed by atoms with Crippen LogP contribution in [0.5, 0.6) is 0 Å². The lowest BCUT2D eigenvalue weighted by Crippen LogP contribution is -2.09. The second-order valence-corrected chi connectivity index (χ2v) is 11.3. The van der Waals surface area contributed by atoms with E-state index in [1.807, 2.05) is 57.6 Å². The van der Waals surface area contributed by atoms with Crippen molar-refractivity contribution in [2.45, 2.75) is 20.8 Å². The summed E-state index contributed by atoms with van der Waals surface area (Å²) in [5.41, 5.74) is 13.1. The van der Waals surface area contributed by atoms with Crippen molar-refractivity contribution in [2.75, 3.05) is 4.90 Å². The summed E-state index contributed by atoms with van der Waals surface area (Å²) < 4.78 is 0. The molecule has 6 aromatic rings. The standard InChI is InChI=1S/C42H36N4/c1-31-28-37(22-25-43-31)7-4-34-10-16-40(17-11-34)46(41-18-12-35(13-19-41)5-8-38-23-26-44-32(2)29-38)42-20-14-36(15-21-42)6-9-39-24-27-45-33(3)30-39/h4-30H,1-3H3. The Morgan fingerprint density at radius 2 is 0.609 bits per heavy atom. The zero-order chi connectivity index (χ0) is 31.7. The van der Waals surface area contributed by atoms with Gasteiger partial charge >= 0.3 is 0 Å². The van der Waals surface area contributed by atoms with Gasteiger partial charge in [-0.2, -0.15) is 0 Å². The largest absolute Gasteiger partial charge is 0.311 e. The molecule has 3 aromatic heterocycles. The number of rotatable bonds is 9. The first-order valence-electron chi connectivity index (χ1n) is 15.4. The fourth-order valence-corrected chi connectivity index (χ4v) is 5.24. The van der Waals surface area contributed by atoms with Gasteiger partial charge in [-0.25, -0.2) is 0 Å². The number of hydrogen-bond acceptors (Lipinski definition) is 4. The van der Waals surface area contributed by atoms with E-state index in [2.05, 4.69) is 147 Å². The van der Waals surface area contributed by atoms with Crippen molar-refractivity contribution in [3.8, 4) is 0 Å². The van der Waals surface area contributed by atoms with Crippen LogP contribution in [0.3, 0.4) is 0 Å². The van der Waals surface area contributed by atoms with E-state index < -0.39 is 0 Å². The molecule has 0 bridgehead atoms. The van der Waals surface area contributed by atoms with Crippen LogP contribution in [-0.4, -0.2) is 15.0 Å². The molecule has 0 spiro atoms. The quantitative estimate of drug-likeness (QED) is 0.166. The van der Waals surface area contributed by atoms with Crippen LogP contribution in [0.1, 0.15) is 50.5 Å². The lowest BCUT2D eigenvalue weighted by molar-refractivity contribution is 1.20. The van der Waals surface area contributed by atoms with Crippen molar-refractivity contribution < 1.29 is 0 Å². The maximum atomic E-state index is 4.30. The lowest BCUT2D eigenvalue weighted by atomic mass is 10.1. The van der Waals surface area contributed by atoms with Gasteiger partial charge in [-0.3, -0.25) is 15.0 Å². The van der Waals surface area contributed by atoms with Crippen molar-refractivity contribution in [3.05, 3.63) is 178 Å². The highest BCUT2D eigenvalue weighted by molar-refractivity contribution is 5.80. The third-order valence-corrected chi connectivity index (χ3v) is 7.62. The van der Waals surface area contributed by atoms with Gasteiger partial charge in [0, 0.05) is 52.7 Å². The van der Waals surface area contributed by atoms with Crippen molar-refractivity contribution in [1.82, 2.24) is 15.0 Å². The molecule has 0 fully saturated rings. The van der Waals surface area contributed by atoms with Gasteiger partial charge < -0.3 is 4.90 Å². The van der Waals surface area contributed by atoms with Crippen LogP contribution in [-0.2, 0) is 0 Å². The number of pyridine rings is 3. The summed E-state index contributed by atoms with van der Waals surface area (Å²) in [5, 5.41) is 0. The first kappa shape index (κ1) is 30.2. The van der Waals surface area contributed by atoms with Gasteiger partial charge in [0.15, 0.2) is 0 Å². The minimum absolute atomic E-state index is 1.01. The number of nitrogens with zero attached hydrogens (tertiary/aromatic N) is 4. The Kier molecular flexibility index (Phi) is 9.36. The van der Waals surface area contributed by atoms with Gasteiger partial charge in [0.1, 0.15) is 0 Å². The molecular weight excluding hydrogens is 560 g/mol. The summed E-state index contributed by atoms with van der Waals surface area (Å²) in [7, 11) is 0. The summed E-state index contributed by atoms with van der Waals surface area (Å²) >= 11 is 0. The Labute approximate surface area is 271 Å². The van der Waals surface area contributed by atoms with Crippen molar-refractivity contribution in [1.29, 1.82) is 0 Å². The average molecular weight is 597 g/mol. The second kappa shape index (κ2) is 14.3. The first-order valence-corrected chi connectivity index (χ1v) is 15.4. The molecule has 224 valence electrons. The molecule has 46 heavy (non-hydrogen) atoms. The van der Waals surface area contributed by atoms with E-state index in [0.29, 0.717) is 0 Å². The Bertz CT molecular complexity index is 1770. The number of aryl methyl sites for hydroxylation is 3. The van der Waals surface area contributed by atoms with Crippen molar-refractivity contribution in [2.24, 2.45) is 0 Å². The fraction of sp³-hybridized carbons (Fsp3) is 0.0714. The molecule has 0 unspecified atom stereocenters. The number of benzene rings is 3. The van der Waals surface area contributed by atoms with Gasteiger partial charge in [-0.05, 0) is 127 Å². The minimum Gasteiger partial charge on any atom is -0.311 e. The summed E-state index contributed by atoms with van der Waals surface area (Å²) in [5.74, 6) is 0. The fourth-order valence-electron chi connectivity index (χ4n) is 5.24. The predicted molar refractivity (Wildman–Crippen MR) is 195 cm³/mol. The summed E-state index contributed by atoms with van der Waals surface area (Å²) in [4.78, 5) is 15.2. The lowest BCUT2D eigenvalue weighted by Gasteiger charge is -2.26. The molecule has 0 saturated carbocycles. The van der Waals surface area contributed by atoms with E-state index in [0.717, 1.165) is 67.5 Å². The van der Waals surface area contributed by atoms with Gasteiger partial charge in [-0.15, -0.1) is 0 Å². The first-order chi connectivity index (χ1) is 22.5. The monoisotopic (exact) mass is 596 g/mol. The normalized spacial score (nSPS) is 11.5. The highest BCUT2D eigenvalue weighted by atomic mass is 15.1. The topological polar surface area (TPSA) is 41.9 Å². The smallest absolute Gasteiger partial charge is 0.0462 e. The molecule has 0 aliphatic carbocycles. The third-order valence-electron chi connectivity index (χ3n) is 7.62. The Morgan fingerprint density at radius 3 is 0.870 bits per heavy atom. The number of anilines is 3. The molecule has 3 heterocycles. The van der Waals surface area contributed by atoms with Crippen LogP contribution in [0.4, 0.5) is 17.1 Å². The summed E-state index contributed by atoms with van der Waals surface area (Å²) in [6, 6.07) is 38.3. The van der Waals surface area contributed by atoms with Crippen LogP contribution < -0.4 is 4.90 Å². The molecular formula is C42H36N4. The van der Waals surface area contributed by atoms with Crippen LogP contribution in [0.2, 0.25) is 0 Å². The van der Waals surface area contributed by atoms with Crippen LogP contribution in [0, 0.1) is 20.8 Å². The highest BCUT2D eigenvalue weighted by Crippen LogP contribution is 2.35. The van der Waals surface area contributed by atoms with E-state index in [4.69, 9.17) is 0 Å². The SMILES string of the molecule is Cc1cc(C=Cc2ccc(N(c3ccc(C=Cc4ccnc(C)c4)cc3)c3ccc(C=Cc4ccnc(C)c4)cc3)cc2)ccn1. The molecule has 0 aliphatic rings. The molecule has 6 rings (SSSR count). The molecule has 4 heteroatoms. The maximum absolute atomic E-state index is 4.30.